The number of benzene rings is 1. The van der Waals surface area contributed by atoms with Crippen molar-refractivity contribution in [3.63, 3.8) is 0 Å². The van der Waals surface area contributed by atoms with E-state index in [0.29, 0.717) is 10.4 Å². The van der Waals surface area contributed by atoms with Crippen molar-refractivity contribution in [1.29, 1.82) is 0 Å². The van der Waals surface area contributed by atoms with Crippen LogP contribution in [-0.2, 0) is 11.3 Å². The lowest BCUT2D eigenvalue weighted by molar-refractivity contribution is 0.0437. The minimum atomic E-state index is -0.615. The number of carbonyl (C=O) groups is 1. The number of esters is 1. The standard InChI is InChI=1S/C14H7Br2FN2O3S/c15-9-5-7(17)1-2-8(9)14(20)21-6-12-18-19-13(22-12)10-3-4-11(16)23-10/h1-5H,6H2. The Morgan fingerprint density at radius 3 is 2.78 bits per heavy atom. The third kappa shape index (κ3) is 3.85. The maximum Gasteiger partial charge on any atom is 0.339 e. The summed E-state index contributed by atoms with van der Waals surface area (Å²) >= 11 is 7.92. The minimum absolute atomic E-state index is 0.164. The number of halogens is 3. The first-order chi connectivity index (χ1) is 11.0. The molecule has 1 aromatic carbocycles. The van der Waals surface area contributed by atoms with Crippen LogP contribution in [0.2, 0.25) is 0 Å². The first kappa shape index (κ1) is 16.3. The second kappa shape index (κ2) is 6.90. The quantitative estimate of drug-likeness (QED) is 0.521. The molecule has 3 aromatic rings. The number of aromatic nitrogens is 2. The number of rotatable bonds is 4. The number of nitrogens with zero attached hydrogens (tertiary/aromatic N) is 2. The van der Waals surface area contributed by atoms with Crippen LogP contribution < -0.4 is 0 Å². The van der Waals surface area contributed by atoms with Crippen molar-refractivity contribution in [2.24, 2.45) is 0 Å². The Bertz CT molecular complexity index is 865. The molecule has 118 valence electrons. The highest BCUT2D eigenvalue weighted by Gasteiger charge is 2.15. The maximum atomic E-state index is 13.0. The molecule has 9 heteroatoms. The highest BCUT2D eigenvalue weighted by atomic mass is 79.9. The van der Waals surface area contributed by atoms with Gasteiger partial charge < -0.3 is 9.15 Å². The first-order valence-electron chi connectivity index (χ1n) is 6.23. The molecular weight excluding hydrogens is 455 g/mol. The third-order valence-corrected chi connectivity index (χ3v) is 5.00. The Kier molecular flexibility index (Phi) is 4.88. The second-order valence-electron chi connectivity index (χ2n) is 4.31. The second-order valence-corrected chi connectivity index (χ2v) is 7.62. The fraction of sp³-hybridized carbons (Fsp3) is 0.0714. The molecule has 0 unspecified atom stereocenters. The average Bonchev–Trinajstić information content (AvgIpc) is 3.13. The lowest BCUT2D eigenvalue weighted by Crippen LogP contribution is -2.06. The fourth-order valence-electron chi connectivity index (χ4n) is 1.70. The predicted octanol–water partition coefficient (Wildman–Crippen LogP) is 4.82. The monoisotopic (exact) mass is 460 g/mol. The van der Waals surface area contributed by atoms with Gasteiger partial charge in [0.25, 0.3) is 11.8 Å². The summed E-state index contributed by atoms with van der Waals surface area (Å²) < 4.78 is 24.8. The maximum absolute atomic E-state index is 13.0. The largest absolute Gasteiger partial charge is 0.452 e. The molecule has 0 aliphatic rings. The van der Waals surface area contributed by atoms with Gasteiger partial charge in [0.05, 0.1) is 14.2 Å². The van der Waals surface area contributed by atoms with Crippen LogP contribution >= 0.6 is 43.2 Å². The van der Waals surface area contributed by atoms with E-state index >= 15 is 0 Å². The van der Waals surface area contributed by atoms with E-state index in [-0.39, 0.29) is 18.1 Å². The zero-order valence-corrected chi connectivity index (χ0v) is 15.2. The zero-order valence-electron chi connectivity index (χ0n) is 11.3. The van der Waals surface area contributed by atoms with Crippen molar-refractivity contribution < 1.29 is 18.3 Å². The van der Waals surface area contributed by atoms with E-state index in [1.165, 1.54) is 29.5 Å². The fourth-order valence-corrected chi connectivity index (χ4v) is 3.52. The van der Waals surface area contributed by atoms with Gasteiger partial charge in [-0.3, -0.25) is 0 Å². The van der Waals surface area contributed by atoms with Crippen molar-refractivity contribution in [1.82, 2.24) is 10.2 Å². The molecule has 0 N–H and O–H groups in total. The molecule has 2 aromatic heterocycles. The molecule has 0 bridgehead atoms. The summed E-state index contributed by atoms with van der Waals surface area (Å²) in [5.41, 5.74) is 0.216. The molecule has 0 aliphatic heterocycles. The van der Waals surface area contributed by atoms with E-state index in [9.17, 15) is 9.18 Å². The molecule has 0 aliphatic carbocycles. The van der Waals surface area contributed by atoms with Crippen LogP contribution in [-0.4, -0.2) is 16.2 Å². The predicted molar refractivity (Wildman–Crippen MR) is 88.5 cm³/mol. The summed E-state index contributed by atoms with van der Waals surface area (Å²) in [7, 11) is 0. The van der Waals surface area contributed by atoms with Gasteiger partial charge in [0.15, 0.2) is 6.61 Å². The number of carbonyl (C=O) groups excluding carboxylic acids is 1. The molecule has 5 nitrogen and oxygen atoms in total. The van der Waals surface area contributed by atoms with E-state index in [1.807, 2.05) is 12.1 Å². The summed E-state index contributed by atoms with van der Waals surface area (Å²) in [5.74, 6) is -0.529. The Morgan fingerprint density at radius 1 is 1.26 bits per heavy atom. The van der Waals surface area contributed by atoms with Gasteiger partial charge in [-0.05, 0) is 62.2 Å². The van der Waals surface area contributed by atoms with E-state index in [4.69, 9.17) is 9.15 Å². The van der Waals surface area contributed by atoms with Crippen molar-refractivity contribution >= 4 is 49.2 Å². The van der Waals surface area contributed by atoms with Crippen LogP contribution in [0, 0.1) is 5.82 Å². The minimum Gasteiger partial charge on any atom is -0.452 e. The van der Waals surface area contributed by atoms with Crippen molar-refractivity contribution in [3.05, 3.63) is 55.9 Å². The topological polar surface area (TPSA) is 65.2 Å². The van der Waals surface area contributed by atoms with Gasteiger partial charge in [0, 0.05) is 4.47 Å². The van der Waals surface area contributed by atoms with Crippen molar-refractivity contribution in [2.75, 3.05) is 0 Å². The normalized spacial score (nSPS) is 10.7. The molecule has 0 fully saturated rings. The summed E-state index contributed by atoms with van der Waals surface area (Å²) in [5, 5.41) is 7.73. The van der Waals surface area contributed by atoms with Gasteiger partial charge in [-0.25, -0.2) is 9.18 Å². The lowest BCUT2D eigenvalue weighted by atomic mass is 10.2. The van der Waals surface area contributed by atoms with Gasteiger partial charge in [-0.1, -0.05) is 0 Å². The number of ether oxygens (including phenoxy) is 1. The Morgan fingerprint density at radius 2 is 2.09 bits per heavy atom. The average molecular weight is 462 g/mol. The molecule has 0 saturated carbocycles. The Labute approximate surface area is 150 Å². The van der Waals surface area contributed by atoms with Gasteiger partial charge in [-0.15, -0.1) is 21.5 Å². The highest BCUT2D eigenvalue weighted by molar-refractivity contribution is 9.11. The van der Waals surface area contributed by atoms with Crippen LogP contribution in [0.15, 0.2) is 43.0 Å². The molecule has 0 radical (unpaired) electrons. The Hall–Kier alpha value is -1.58. The highest BCUT2D eigenvalue weighted by Crippen LogP contribution is 2.30. The summed E-state index contributed by atoms with van der Waals surface area (Å²) in [4.78, 5) is 12.8. The van der Waals surface area contributed by atoms with E-state index in [2.05, 4.69) is 42.1 Å². The van der Waals surface area contributed by atoms with Crippen molar-refractivity contribution in [2.45, 2.75) is 6.61 Å². The van der Waals surface area contributed by atoms with Crippen LogP contribution in [0.1, 0.15) is 16.2 Å². The van der Waals surface area contributed by atoms with Gasteiger partial charge >= 0.3 is 5.97 Å². The van der Waals surface area contributed by atoms with Crippen molar-refractivity contribution in [3.8, 4) is 10.8 Å². The SMILES string of the molecule is O=C(OCc1nnc(-c2ccc(Br)s2)o1)c1ccc(F)cc1Br. The smallest absolute Gasteiger partial charge is 0.339 e. The van der Waals surface area contributed by atoms with Crippen LogP contribution in [0.25, 0.3) is 10.8 Å². The molecule has 0 amide bonds. The third-order valence-electron chi connectivity index (χ3n) is 2.73. The van der Waals surface area contributed by atoms with Crippen LogP contribution in [0.3, 0.4) is 0 Å². The number of hydrogen-bond donors (Lipinski definition) is 0. The molecule has 2 heterocycles. The van der Waals surface area contributed by atoms with Gasteiger partial charge in [-0.2, -0.15) is 0 Å². The van der Waals surface area contributed by atoms with E-state index in [1.54, 1.807) is 0 Å². The summed E-state index contributed by atoms with van der Waals surface area (Å²) in [6, 6.07) is 7.42. The zero-order chi connectivity index (χ0) is 16.4. The van der Waals surface area contributed by atoms with E-state index < -0.39 is 11.8 Å². The molecule has 0 saturated heterocycles. The lowest BCUT2D eigenvalue weighted by Gasteiger charge is -2.04. The number of thiophene rings is 1. The van der Waals surface area contributed by atoms with E-state index in [0.717, 1.165) is 8.66 Å². The van der Waals surface area contributed by atoms with Crippen LogP contribution in [0.4, 0.5) is 4.39 Å². The summed E-state index contributed by atoms with van der Waals surface area (Å²) in [6.07, 6.45) is 0. The molecule has 23 heavy (non-hydrogen) atoms. The first-order valence-corrected chi connectivity index (χ1v) is 8.63. The number of hydrogen-bond acceptors (Lipinski definition) is 6. The summed E-state index contributed by atoms with van der Waals surface area (Å²) in [6.45, 7) is -0.164. The molecular formula is C14H7Br2FN2O3S. The molecule has 0 atom stereocenters. The Balaban J connectivity index is 1.66. The van der Waals surface area contributed by atoms with Crippen LogP contribution in [0.5, 0.6) is 0 Å². The van der Waals surface area contributed by atoms with Gasteiger partial charge in [0.1, 0.15) is 5.82 Å². The molecule has 3 rings (SSSR count). The molecule has 0 spiro atoms. The van der Waals surface area contributed by atoms with Gasteiger partial charge in [0.2, 0.25) is 0 Å².